The normalized spacial score (nSPS) is 21.1. The first-order valence-electron chi connectivity index (χ1n) is 10.8. The van der Waals surface area contributed by atoms with Crippen LogP contribution < -0.4 is 9.47 Å². The van der Waals surface area contributed by atoms with E-state index < -0.39 is 67.5 Å². The summed E-state index contributed by atoms with van der Waals surface area (Å²) >= 11 is 0. The Morgan fingerprint density at radius 2 is 1.47 bits per heavy atom. The van der Waals surface area contributed by atoms with Gasteiger partial charge in [0.25, 0.3) is 0 Å². The highest BCUT2D eigenvalue weighted by Gasteiger charge is 2.43. The Morgan fingerprint density at radius 3 is 1.97 bits per heavy atom. The number of hydrogen-bond donors (Lipinski definition) is 1. The first-order valence-corrected chi connectivity index (χ1v) is 10.8. The van der Waals surface area contributed by atoms with E-state index in [1.165, 1.54) is 31.2 Å². The third-order valence-corrected chi connectivity index (χ3v) is 4.89. The SMILES string of the molecule is CC1OC[C@@H](O)[C@H]([C@H](OC(=O)COc2ccc(F)cc2)[C@H](C=O)OC(=O)COc2ccc(F)cc2)O1. The molecule has 0 amide bonds. The van der Waals surface area contributed by atoms with Crippen LogP contribution in [0.15, 0.2) is 48.5 Å². The highest BCUT2D eigenvalue weighted by molar-refractivity contribution is 5.75. The van der Waals surface area contributed by atoms with Crippen molar-refractivity contribution in [2.75, 3.05) is 19.8 Å². The Hall–Kier alpha value is -3.61. The average Bonchev–Trinajstić information content (AvgIpc) is 2.87. The van der Waals surface area contributed by atoms with E-state index in [0.29, 0.717) is 0 Å². The Morgan fingerprint density at radius 1 is 0.972 bits per heavy atom. The van der Waals surface area contributed by atoms with Crippen LogP contribution in [0.3, 0.4) is 0 Å². The van der Waals surface area contributed by atoms with E-state index in [9.17, 15) is 28.3 Å². The number of rotatable bonds is 11. The molecule has 0 aromatic heterocycles. The second-order valence-electron chi connectivity index (χ2n) is 7.60. The highest BCUT2D eigenvalue weighted by Crippen LogP contribution is 2.22. The number of aliphatic hydroxyl groups excluding tert-OH is 1. The van der Waals surface area contributed by atoms with Gasteiger partial charge in [-0.05, 0) is 55.5 Å². The zero-order chi connectivity index (χ0) is 26.1. The van der Waals surface area contributed by atoms with Gasteiger partial charge in [-0.25, -0.2) is 18.4 Å². The van der Waals surface area contributed by atoms with Crippen molar-refractivity contribution in [1.82, 2.24) is 0 Å². The lowest BCUT2D eigenvalue weighted by Crippen LogP contribution is -2.56. The molecule has 36 heavy (non-hydrogen) atoms. The molecule has 5 atom stereocenters. The molecule has 1 N–H and O–H groups in total. The number of carbonyl (C=O) groups is 3. The van der Waals surface area contributed by atoms with E-state index in [1.807, 2.05) is 0 Å². The number of aldehydes is 1. The maximum Gasteiger partial charge on any atom is 0.345 e. The van der Waals surface area contributed by atoms with Crippen molar-refractivity contribution in [3.8, 4) is 11.5 Å². The van der Waals surface area contributed by atoms with Gasteiger partial charge >= 0.3 is 11.9 Å². The van der Waals surface area contributed by atoms with Crippen molar-refractivity contribution >= 4 is 18.2 Å². The number of benzene rings is 2. The summed E-state index contributed by atoms with van der Waals surface area (Å²) in [5.74, 6) is -2.63. The van der Waals surface area contributed by atoms with E-state index in [0.717, 1.165) is 24.3 Å². The maximum atomic E-state index is 13.0. The summed E-state index contributed by atoms with van der Waals surface area (Å²) < 4.78 is 57.6. The largest absolute Gasteiger partial charge is 0.482 e. The average molecular weight is 510 g/mol. The monoisotopic (exact) mass is 510 g/mol. The molecule has 12 heteroatoms. The predicted molar refractivity (Wildman–Crippen MR) is 116 cm³/mol. The van der Waals surface area contributed by atoms with Crippen LogP contribution in [0.1, 0.15) is 6.92 Å². The van der Waals surface area contributed by atoms with Gasteiger partial charge in [-0.1, -0.05) is 0 Å². The second-order valence-corrected chi connectivity index (χ2v) is 7.60. The predicted octanol–water partition coefficient (Wildman–Crippen LogP) is 1.57. The number of esters is 2. The number of aliphatic hydroxyl groups is 1. The topological polar surface area (TPSA) is 127 Å². The number of hydrogen-bond acceptors (Lipinski definition) is 10. The maximum absolute atomic E-state index is 13.0. The molecule has 1 aliphatic rings. The molecule has 0 saturated carbocycles. The number of halogens is 2. The molecule has 0 radical (unpaired) electrons. The molecule has 0 bridgehead atoms. The van der Waals surface area contributed by atoms with Crippen LogP contribution in [-0.4, -0.2) is 73.9 Å². The second kappa shape index (κ2) is 12.9. The van der Waals surface area contributed by atoms with Gasteiger partial charge in [-0.3, -0.25) is 4.79 Å². The van der Waals surface area contributed by atoms with Gasteiger partial charge < -0.3 is 33.5 Å². The molecule has 1 saturated heterocycles. The van der Waals surface area contributed by atoms with Crippen LogP contribution in [0.4, 0.5) is 8.78 Å². The summed E-state index contributed by atoms with van der Waals surface area (Å²) in [4.78, 5) is 36.6. The van der Waals surface area contributed by atoms with E-state index in [1.54, 1.807) is 0 Å². The quantitative estimate of drug-likeness (QED) is 0.352. The Balaban J connectivity index is 1.66. The van der Waals surface area contributed by atoms with Gasteiger partial charge in [0.1, 0.15) is 35.3 Å². The molecule has 0 aliphatic carbocycles. The number of ether oxygens (including phenoxy) is 6. The zero-order valence-corrected chi connectivity index (χ0v) is 19.1. The molecule has 1 unspecified atom stereocenters. The Bertz CT molecular complexity index is 1010. The van der Waals surface area contributed by atoms with Crippen molar-refractivity contribution in [1.29, 1.82) is 0 Å². The van der Waals surface area contributed by atoms with E-state index in [2.05, 4.69) is 0 Å². The lowest BCUT2D eigenvalue weighted by molar-refractivity contribution is -0.274. The molecule has 194 valence electrons. The molecule has 2 aromatic rings. The van der Waals surface area contributed by atoms with Gasteiger partial charge in [0.05, 0.1) is 6.61 Å². The van der Waals surface area contributed by atoms with Crippen molar-refractivity contribution in [3.63, 3.8) is 0 Å². The molecule has 1 fully saturated rings. The Kier molecular flexibility index (Phi) is 9.68. The smallest absolute Gasteiger partial charge is 0.345 e. The van der Waals surface area contributed by atoms with Crippen LogP contribution in [0.2, 0.25) is 0 Å². The molecule has 3 rings (SSSR count). The summed E-state index contributed by atoms with van der Waals surface area (Å²) in [6.07, 6.45) is -6.47. The van der Waals surface area contributed by atoms with Crippen LogP contribution >= 0.6 is 0 Å². The van der Waals surface area contributed by atoms with Crippen LogP contribution in [-0.2, 0) is 33.3 Å². The molecule has 1 heterocycles. The summed E-state index contributed by atoms with van der Waals surface area (Å²) in [6, 6.07) is 9.69. The summed E-state index contributed by atoms with van der Waals surface area (Å²) in [5, 5.41) is 10.3. The van der Waals surface area contributed by atoms with Crippen LogP contribution in [0, 0.1) is 11.6 Å². The van der Waals surface area contributed by atoms with Crippen LogP contribution in [0.5, 0.6) is 11.5 Å². The van der Waals surface area contributed by atoms with Crippen molar-refractivity contribution < 1.29 is 56.7 Å². The molecular formula is C24H24F2O10. The van der Waals surface area contributed by atoms with Gasteiger partial charge in [-0.2, -0.15) is 0 Å². The molecule has 2 aromatic carbocycles. The third kappa shape index (κ3) is 7.97. The number of carbonyl (C=O) groups excluding carboxylic acids is 3. The minimum absolute atomic E-state index is 0.175. The van der Waals surface area contributed by atoms with E-state index >= 15 is 0 Å². The van der Waals surface area contributed by atoms with Crippen molar-refractivity contribution in [2.45, 2.75) is 37.6 Å². The van der Waals surface area contributed by atoms with Gasteiger partial charge in [0.15, 0.2) is 38.0 Å². The minimum atomic E-state index is -1.69. The van der Waals surface area contributed by atoms with Crippen molar-refractivity contribution in [2.24, 2.45) is 0 Å². The highest BCUT2D eigenvalue weighted by atomic mass is 19.1. The molecule has 0 spiro atoms. The van der Waals surface area contributed by atoms with Gasteiger partial charge in [0.2, 0.25) is 0 Å². The molecular weight excluding hydrogens is 486 g/mol. The molecule has 1 aliphatic heterocycles. The third-order valence-electron chi connectivity index (χ3n) is 4.89. The fourth-order valence-corrected chi connectivity index (χ4v) is 3.19. The minimum Gasteiger partial charge on any atom is -0.482 e. The van der Waals surface area contributed by atoms with Crippen LogP contribution in [0.25, 0.3) is 0 Å². The summed E-state index contributed by atoms with van der Waals surface area (Å²) in [6.45, 7) is 0.0507. The summed E-state index contributed by atoms with van der Waals surface area (Å²) in [5.41, 5.74) is 0. The fraction of sp³-hybridized carbons (Fsp3) is 0.375. The van der Waals surface area contributed by atoms with Gasteiger partial charge in [-0.15, -0.1) is 0 Å². The first-order chi connectivity index (χ1) is 17.2. The fourth-order valence-electron chi connectivity index (χ4n) is 3.19. The lowest BCUT2D eigenvalue weighted by atomic mass is 10.0. The van der Waals surface area contributed by atoms with E-state index in [-0.39, 0.29) is 24.4 Å². The van der Waals surface area contributed by atoms with E-state index in [4.69, 9.17) is 28.4 Å². The first kappa shape index (κ1) is 27.0. The summed E-state index contributed by atoms with van der Waals surface area (Å²) in [7, 11) is 0. The lowest BCUT2D eigenvalue weighted by Gasteiger charge is -2.38. The molecule has 10 nitrogen and oxygen atoms in total. The van der Waals surface area contributed by atoms with Crippen molar-refractivity contribution in [3.05, 3.63) is 60.2 Å². The Labute approximate surface area is 204 Å². The van der Waals surface area contributed by atoms with Gasteiger partial charge in [0, 0.05) is 0 Å². The standard InChI is InChI=1S/C24H24F2O10/c1-14-31-11-19(28)23(34-14)24(36-22(30)13-33-18-8-4-16(26)5-9-18)20(10-27)35-21(29)12-32-17-6-2-15(25)3-7-17/h2-10,14,19-20,23-24,28H,11-13H2,1H3/t14?,19-,20+,23-,24-/m1/s1. The zero-order valence-electron chi connectivity index (χ0n) is 19.1.